The molecule has 0 amide bonds. The smallest absolute Gasteiger partial charge is 0.118 e. The maximum absolute atomic E-state index is 5.22. The van der Waals surface area contributed by atoms with Gasteiger partial charge in [0.25, 0.3) is 0 Å². The third-order valence-corrected chi connectivity index (χ3v) is 5.32. The van der Waals surface area contributed by atoms with Gasteiger partial charge in [0.2, 0.25) is 0 Å². The molecule has 0 saturated heterocycles. The molecule has 1 unspecified atom stereocenters. The maximum atomic E-state index is 5.22. The lowest BCUT2D eigenvalue weighted by atomic mass is 9.91. The Morgan fingerprint density at radius 2 is 2.11 bits per heavy atom. The molecule has 2 fully saturated rings. The van der Waals surface area contributed by atoms with Gasteiger partial charge < -0.3 is 4.74 Å². The largest absolute Gasteiger partial charge is 0.497 e. The quantitative estimate of drug-likeness (QED) is 0.698. The van der Waals surface area contributed by atoms with Crippen LogP contribution >= 0.6 is 0 Å². The van der Waals surface area contributed by atoms with Gasteiger partial charge in [0, 0.05) is 0 Å². The Morgan fingerprint density at radius 3 is 2.79 bits per heavy atom. The molecule has 2 aliphatic rings. The lowest BCUT2D eigenvalue weighted by Gasteiger charge is -2.14. The van der Waals surface area contributed by atoms with Crippen LogP contribution in [-0.2, 0) is 6.42 Å². The van der Waals surface area contributed by atoms with Crippen molar-refractivity contribution in [1.29, 1.82) is 0 Å². The van der Waals surface area contributed by atoms with Crippen molar-refractivity contribution in [3.05, 3.63) is 42.0 Å². The average Bonchev–Trinajstić information content (AvgIpc) is 2.84. The topological polar surface area (TPSA) is 9.23 Å². The number of fused-ring (bicyclic) bond motifs is 1. The molecule has 2 aliphatic carbocycles. The molecule has 0 radical (unpaired) electrons. The van der Waals surface area contributed by atoms with Gasteiger partial charge in [-0.2, -0.15) is 0 Å². The van der Waals surface area contributed by atoms with Gasteiger partial charge in [-0.15, -0.1) is 0 Å². The van der Waals surface area contributed by atoms with Crippen LogP contribution in [0.5, 0.6) is 5.75 Å². The summed E-state index contributed by atoms with van der Waals surface area (Å²) in [6, 6.07) is 8.59. The number of hydrogen-bond acceptors (Lipinski definition) is 1. The zero-order valence-electron chi connectivity index (χ0n) is 12.1. The fourth-order valence-corrected chi connectivity index (χ4v) is 4.26. The monoisotopic (exact) mass is 256 g/mol. The summed E-state index contributed by atoms with van der Waals surface area (Å²) in [7, 11) is 1.73. The first-order valence-electron chi connectivity index (χ1n) is 7.56. The fraction of sp³-hybridized carbons (Fsp3) is 0.556. The lowest BCUT2D eigenvalue weighted by Crippen LogP contribution is -2.04. The van der Waals surface area contributed by atoms with Crippen LogP contribution in [0.1, 0.15) is 38.2 Å². The van der Waals surface area contributed by atoms with Crippen molar-refractivity contribution in [2.45, 2.75) is 39.0 Å². The van der Waals surface area contributed by atoms with Gasteiger partial charge in [-0.3, -0.25) is 0 Å². The summed E-state index contributed by atoms with van der Waals surface area (Å²) < 4.78 is 5.22. The van der Waals surface area contributed by atoms with Gasteiger partial charge in [-0.25, -0.2) is 0 Å². The second-order valence-corrected chi connectivity index (χ2v) is 6.13. The van der Waals surface area contributed by atoms with E-state index in [0.29, 0.717) is 5.41 Å². The van der Waals surface area contributed by atoms with Crippen LogP contribution in [0.4, 0.5) is 0 Å². The number of ether oxygens (including phenoxy) is 1. The van der Waals surface area contributed by atoms with E-state index in [9.17, 15) is 0 Å². The molecule has 1 aromatic carbocycles. The second kappa shape index (κ2) is 5.03. The van der Waals surface area contributed by atoms with Gasteiger partial charge in [-0.05, 0) is 67.6 Å². The van der Waals surface area contributed by atoms with E-state index in [4.69, 9.17) is 4.74 Å². The number of benzene rings is 1. The van der Waals surface area contributed by atoms with Crippen LogP contribution in [0.2, 0.25) is 0 Å². The highest BCUT2D eigenvalue weighted by atomic mass is 16.5. The minimum Gasteiger partial charge on any atom is -0.497 e. The van der Waals surface area contributed by atoms with Gasteiger partial charge in [0.1, 0.15) is 5.75 Å². The minimum atomic E-state index is 0.659. The average molecular weight is 256 g/mol. The Balaban J connectivity index is 1.62. The molecule has 0 aliphatic heterocycles. The number of hydrogen-bond donors (Lipinski definition) is 0. The van der Waals surface area contributed by atoms with Crippen molar-refractivity contribution in [1.82, 2.24) is 0 Å². The van der Waals surface area contributed by atoms with E-state index < -0.39 is 0 Å². The first-order chi connectivity index (χ1) is 9.30. The molecule has 0 heterocycles. The highest BCUT2D eigenvalue weighted by Gasteiger charge is 2.63. The van der Waals surface area contributed by atoms with E-state index >= 15 is 0 Å². The maximum Gasteiger partial charge on any atom is 0.118 e. The van der Waals surface area contributed by atoms with Crippen molar-refractivity contribution in [3.8, 4) is 5.75 Å². The highest BCUT2D eigenvalue weighted by Crippen LogP contribution is 2.71. The Kier molecular flexibility index (Phi) is 3.38. The third kappa shape index (κ3) is 2.20. The summed E-state index contributed by atoms with van der Waals surface area (Å²) in [6.45, 7) is 2.16. The van der Waals surface area contributed by atoms with Crippen molar-refractivity contribution in [2.24, 2.45) is 17.3 Å². The van der Waals surface area contributed by atoms with E-state index in [0.717, 1.165) is 17.6 Å². The summed E-state index contributed by atoms with van der Waals surface area (Å²) in [6.07, 6.45) is 11.6. The van der Waals surface area contributed by atoms with Crippen LogP contribution in [0.25, 0.3) is 0 Å². The van der Waals surface area contributed by atoms with E-state index in [1.165, 1.54) is 37.7 Å². The van der Waals surface area contributed by atoms with Gasteiger partial charge in [0.15, 0.2) is 0 Å². The van der Waals surface area contributed by atoms with Crippen molar-refractivity contribution in [2.75, 3.05) is 7.11 Å². The summed E-state index contributed by atoms with van der Waals surface area (Å²) in [5.41, 5.74) is 2.11. The molecular formula is C18H24O. The van der Waals surface area contributed by atoms with Gasteiger partial charge in [-0.1, -0.05) is 30.7 Å². The molecule has 3 rings (SSSR count). The molecule has 0 bridgehead atoms. The minimum absolute atomic E-state index is 0.659. The molecule has 1 aromatic rings. The fourth-order valence-electron chi connectivity index (χ4n) is 4.26. The molecular weight excluding hydrogens is 232 g/mol. The summed E-state index contributed by atoms with van der Waals surface area (Å²) in [5.74, 6) is 2.82. The molecule has 3 atom stereocenters. The van der Waals surface area contributed by atoms with E-state index in [1.54, 1.807) is 7.11 Å². The zero-order valence-corrected chi connectivity index (χ0v) is 12.1. The van der Waals surface area contributed by atoms with Gasteiger partial charge >= 0.3 is 0 Å². The third-order valence-electron chi connectivity index (χ3n) is 5.32. The normalized spacial score (nSPS) is 32.5. The van der Waals surface area contributed by atoms with Crippen LogP contribution in [-0.4, -0.2) is 7.11 Å². The highest BCUT2D eigenvalue weighted by molar-refractivity contribution is 5.28. The Hall–Kier alpha value is -1.24. The molecule has 1 heteroatoms. The molecule has 102 valence electrons. The summed E-state index contributed by atoms with van der Waals surface area (Å²) in [4.78, 5) is 0. The Morgan fingerprint density at radius 1 is 1.32 bits per heavy atom. The molecule has 0 aromatic heterocycles. The first-order valence-corrected chi connectivity index (χ1v) is 7.56. The van der Waals surface area contributed by atoms with Crippen molar-refractivity contribution in [3.63, 3.8) is 0 Å². The predicted molar refractivity (Wildman–Crippen MR) is 79.4 cm³/mol. The predicted octanol–water partition coefficient (Wildman–Crippen LogP) is 4.62. The van der Waals surface area contributed by atoms with Crippen LogP contribution in [0.15, 0.2) is 36.4 Å². The van der Waals surface area contributed by atoms with E-state index in [2.05, 4.69) is 43.3 Å². The first kappa shape index (κ1) is 12.8. The van der Waals surface area contributed by atoms with Crippen LogP contribution < -0.4 is 4.74 Å². The zero-order chi connectivity index (χ0) is 13.3. The SMILES string of the molecule is C/C=C/C1[C@H]2CCC[C@@]12CCc1ccc(OC)cc1. The van der Waals surface area contributed by atoms with Gasteiger partial charge in [0.05, 0.1) is 7.11 Å². The Bertz CT molecular complexity index is 459. The van der Waals surface area contributed by atoms with Crippen molar-refractivity contribution < 1.29 is 4.74 Å². The summed E-state index contributed by atoms with van der Waals surface area (Å²) in [5, 5.41) is 0. The lowest BCUT2D eigenvalue weighted by molar-refractivity contribution is 0.413. The standard InChI is InChI=1S/C18H24O/c1-3-5-16-17-6-4-12-18(16,17)13-11-14-7-9-15(19-2)10-8-14/h3,5,7-10,16-17H,4,6,11-13H2,1-2H3/b5-3+/t16?,17-,18-/m1/s1. The number of rotatable bonds is 5. The molecule has 2 saturated carbocycles. The second-order valence-electron chi connectivity index (χ2n) is 6.13. The Labute approximate surface area is 116 Å². The summed E-state index contributed by atoms with van der Waals surface area (Å²) >= 11 is 0. The number of methoxy groups -OCH3 is 1. The van der Waals surface area contributed by atoms with Crippen LogP contribution in [0, 0.1) is 17.3 Å². The molecule has 19 heavy (non-hydrogen) atoms. The van der Waals surface area contributed by atoms with Crippen LogP contribution in [0.3, 0.4) is 0 Å². The molecule has 0 N–H and O–H groups in total. The number of aryl methyl sites for hydroxylation is 1. The van der Waals surface area contributed by atoms with Crippen molar-refractivity contribution >= 4 is 0 Å². The van der Waals surface area contributed by atoms with E-state index in [1.807, 2.05) is 0 Å². The van der Waals surface area contributed by atoms with E-state index in [-0.39, 0.29) is 0 Å². The molecule has 1 nitrogen and oxygen atoms in total. The molecule has 0 spiro atoms. The number of allylic oxidation sites excluding steroid dienone is 2.